The standard InChI is InChI=1S/C15H12Br2N2/c1-9-3-4-12(10(2)5-9)14-8-19-7-11(16)6-13(17)15(19)18-14/h3-8H,1-2H3. The van der Waals surface area contributed by atoms with Crippen molar-refractivity contribution in [3.05, 3.63) is 56.7 Å². The van der Waals surface area contributed by atoms with Crippen molar-refractivity contribution >= 4 is 37.5 Å². The third-order valence-corrected chi connectivity index (χ3v) is 4.15. The third-order valence-electron chi connectivity index (χ3n) is 3.13. The second-order valence-corrected chi connectivity index (χ2v) is 6.45. The Labute approximate surface area is 128 Å². The van der Waals surface area contributed by atoms with Crippen LogP contribution in [0.25, 0.3) is 16.9 Å². The zero-order valence-corrected chi connectivity index (χ0v) is 13.8. The van der Waals surface area contributed by atoms with E-state index in [1.54, 1.807) is 0 Å². The van der Waals surface area contributed by atoms with Crippen LogP contribution in [0.4, 0.5) is 0 Å². The Kier molecular flexibility index (Phi) is 3.23. The fourth-order valence-electron chi connectivity index (χ4n) is 2.26. The average Bonchev–Trinajstić information content (AvgIpc) is 2.72. The second kappa shape index (κ2) is 4.76. The minimum absolute atomic E-state index is 0.929. The van der Waals surface area contributed by atoms with Crippen molar-refractivity contribution in [1.82, 2.24) is 9.38 Å². The summed E-state index contributed by atoms with van der Waals surface area (Å²) in [4.78, 5) is 4.71. The summed E-state index contributed by atoms with van der Waals surface area (Å²) in [7, 11) is 0. The predicted molar refractivity (Wildman–Crippen MR) is 85.5 cm³/mol. The number of benzene rings is 1. The second-order valence-electron chi connectivity index (χ2n) is 4.68. The zero-order chi connectivity index (χ0) is 13.6. The fourth-order valence-corrected chi connectivity index (χ4v) is 3.55. The van der Waals surface area contributed by atoms with Crippen molar-refractivity contribution in [3.63, 3.8) is 0 Å². The van der Waals surface area contributed by atoms with Gasteiger partial charge in [-0.1, -0.05) is 23.8 Å². The van der Waals surface area contributed by atoms with Crippen LogP contribution < -0.4 is 0 Å². The summed E-state index contributed by atoms with van der Waals surface area (Å²) in [5.41, 5.74) is 5.62. The molecule has 1 aromatic carbocycles. The molecule has 2 aromatic heterocycles. The Balaban J connectivity index is 2.23. The number of aromatic nitrogens is 2. The molecule has 3 aromatic rings. The van der Waals surface area contributed by atoms with Gasteiger partial charge in [-0.05, 0) is 57.3 Å². The molecule has 4 heteroatoms. The zero-order valence-electron chi connectivity index (χ0n) is 10.6. The van der Waals surface area contributed by atoms with E-state index in [9.17, 15) is 0 Å². The Hall–Kier alpha value is -1.13. The van der Waals surface area contributed by atoms with Crippen LogP contribution in [-0.2, 0) is 0 Å². The quantitative estimate of drug-likeness (QED) is 0.571. The number of imidazole rings is 1. The Morgan fingerprint density at radius 3 is 2.58 bits per heavy atom. The van der Waals surface area contributed by atoms with Gasteiger partial charge in [-0.3, -0.25) is 0 Å². The minimum atomic E-state index is 0.929. The molecule has 19 heavy (non-hydrogen) atoms. The van der Waals surface area contributed by atoms with Gasteiger partial charge in [0.25, 0.3) is 0 Å². The monoisotopic (exact) mass is 378 g/mol. The van der Waals surface area contributed by atoms with Gasteiger partial charge in [0.15, 0.2) is 5.65 Å². The molecule has 96 valence electrons. The van der Waals surface area contributed by atoms with Crippen molar-refractivity contribution in [1.29, 1.82) is 0 Å². The smallest absolute Gasteiger partial charge is 0.151 e. The summed E-state index contributed by atoms with van der Waals surface area (Å²) < 4.78 is 4.04. The maximum absolute atomic E-state index is 4.71. The van der Waals surface area contributed by atoms with Crippen molar-refractivity contribution in [2.75, 3.05) is 0 Å². The van der Waals surface area contributed by atoms with E-state index in [1.807, 2.05) is 16.7 Å². The van der Waals surface area contributed by atoms with E-state index in [4.69, 9.17) is 4.98 Å². The lowest BCUT2D eigenvalue weighted by Gasteiger charge is -2.02. The highest BCUT2D eigenvalue weighted by molar-refractivity contribution is 9.11. The minimum Gasteiger partial charge on any atom is -0.304 e. The van der Waals surface area contributed by atoms with Gasteiger partial charge in [0.05, 0.1) is 10.2 Å². The van der Waals surface area contributed by atoms with Crippen molar-refractivity contribution < 1.29 is 0 Å². The van der Waals surface area contributed by atoms with E-state index in [0.717, 1.165) is 20.3 Å². The average molecular weight is 380 g/mol. The SMILES string of the molecule is Cc1ccc(-c2cn3cc(Br)cc(Br)c3n2)c(C)c1. The van der Waals surface area contributed by atoms with Gasteiger partial charge in [0.2, 0.25) is 0 Å². The molecule has 0 aliphatic rings. The first kappa shape index (κ1) is 12.9. The highest BCUT2D eigenvalue weighted by Gasteiger charge is 2.09. The largest absolute Gasteiger partial charge is 0.304 e. The molecule has 0 N–H and O–H groups in total. The van der Waals surface area contributed by atoms with Gasteiger partial charge in [-0.15, -0.1) is 0 Å². The van der Waals surface area contributed by atoms with Gasteiger partial charge in [-0.2, -0.15) is 0 Å². The molecular formula is C15H12Br2N2. The maximum atomic E-state index is 4.71. The third kappa shape index (κ3) is 2.35. The van der Waals surface area contributed by atoms with E-state index in [0.29, 0.717) is 0 Å². The van der Waals surface area contributed by atoms with E-state index in [-0.39, 0.29) is 0 Å². The van der Waals surface area contributed by atoms with Crippen molar-refractivity contribution in [2.45, 2.75) is 13.8 Å². The van der Waals surface area contributed by atoms with Gasteiger partial charge < -0.3 is 4.40 Å². The number of hydrogen-bond donors (Lipinski definition) is 0. The van der Waals surface area contributed by atoms with Crippen molar-refractivity contribution in [3.8, 4) is 11.3 Å². The molecule has 0 aliphatic heterocycles. The summed E-state index contributed by atoms with van der Waals surface area (Å²) in [5.74, 6) is 0. The fraction of sp³-hybridized carbons (Fsp3) is 0.133. The van der Waals surface area contributed by atoms with Crippen LogP contribution in [-0.4, -0.2) is 9.38 Å². The molecule has 3 rings (SSSR count). The van der Waals surface area contributed by atoms with Gasteiger partial charge in [0, 0.05) is 22.4 Å². The highest BCUT2D eigenvalue weighted by atomic mass is 79.9. The summed E-state index contributed by atoms with van der Waals surface area (Å²) in [6.07, 6.45) is 4.07. The summed E-state index contributed by atoms with van der Waals surface area (Å²) in [6, 6.07) is 8.45. The van der Waals surface area contributed by atoms with Gasteiger partial charge in [-0.25, -0.2) is 4.98 Å². The molecule has 0 unspecified atom stereocenters. The molecule has 0 radical (unpaired) electrons. The van der Waals surface area contributed by atoms with Crippen LogP contribution in [0, 0.1) is 13.8 Å². The Morgan fingerprint density at radius 2 is 1.84 bits per heavy atom. The molecule has 0 saturated carbocycles. The molecular weight excluding hydrogens is 368 g/mol. The first-order valence-electron chi connectivity index (χ1n) is 5.96. The molecule has 0 amide bonds. The lowest BCUT2D eigenvalue weighted by Crippen LogP contribution is -1.84. The summed E-state index contributed by atoms with van der Waals surface area (Å²) in [6.45, 7) is 4.23. The predicted octanol–water partition coefficient (Wildman–Crippen LogP) is 5.14. The molecule has 0 aliphatic carbocycles. The lowest BCUT2D eigenvalue weighted by atomic mass is 10.0. The number of aryl methyl sites for hydroxylation is 2. The summed E-state index contributed by atoms with van der Waals surface area (Å²) in [5, 5.41) is 0. The molecule has 0 saturated heterocycles. The van der Waals surface area contributed by atoms with Crippen LogP contribution in [0.3, 0.4) is 0 Å². The van der Waals surface area contributed by atoms with Crippen LogP contribution in [0.5, 0.6) is 0 Å². The van der Waals surface area contributed by atoms with Crippen LogP contribution in [0.15, 0.2) is 45.6 Å². The first-order valence-corrected chi connectivity index (χ1v) is 7.54. The molecule has 0 bridgehead atoms. The number of halogens is 2. The van der Waals surface area contributed by atoms with E-state index in [1.165, 1.54) is 16.7 Å². The number of rotatable bonds is 1. The molecule has 2 nitrogen and oxygen atoms in total. The van der Waals surface area contributed by atoms with E-state index < -0.39 is 0 Å². The Bertz CT molecular complexity index is 775. The van der Waals surface area contributed by atoms with Gasteiger partial charge >= 0.3 is 0 Å². The number of nitrogens with zero attached hydrogens (tertiary/aromatic N) is 2. The number of pyridine rings is 1. The van der Waals surface area contributed by atoms with Crippen molar-refractivity contribution in [2.24, 2.45) is 0 Å². The van der Waals surface area contributed by atoms with Gasteiger partial charge in [0.1, 0.15) is 0 Å². The lowest BCUT2D eigenvalue weighted by molar-refractivity contribution is 1.17. The number of fused-ring (bicyclic) bond motifs is 1. The van der Waals surface area contributed by atoms with Crippen LogP contribution in [0.2, 0.25) is 0 Å². The first-order chi connectivity index (χ1) is 9.04. The molecule has 2 heterocycles. The van der Waals surface area contributed by atoms with Crippen LogP contribution in [0.1, 0.15) is 11.1 Å². The van der Waals surface area contributed by atoms with Crippen LogP contribution >= 0.6 is 31.9 Å². The van der Waals surface area contributed by atoms with E-state index >= 15 is 0 Å². The Morgan fingerprint density at radius 1 is 1.05 bits per heavy atom. The number of hydrogen-bond acceptors (Lipinski definition) is 1. The van der Waals surface area contributed by atoms with E-state index in [2.05, 4.69) is 70.1 Å². The molecule has 0 fully saturated rings. The molecule has 0 spiro atoms. The summed E-state index contributed by atoms with van der Waals surface area (Å²) >= 11 is 7.04. The topological polar surface area (TPSA) is 17.3 Å². The maximum Gasteiger partial charge on any atom is 0.151 e. The highest BCUT2D eigenvalue weighted by Crippen LogP contribution is 2.28. The molecule has 0 atom stereocenters. The normalized spacial score (nSPS) is 11.2.